The Bertz CT molecular complexity index is 507. The second-order valence-electron chi connectivity index (χ2n) is 3.72. The summed E-state index contributed by atoms with van der Waals surface area (Å²) >= 11 is 0. The van der Waals surface area contributed by atoms with Gasteiger partial charge in [-0.2, -0.15) is 5.10 Å². The average molecular weight is 246 g/mol. The number of methoxy groups -OCH3 is 1. The Morgan fingerprint density at radius 1 is 1.50 bits per heavy atom. The molecule has 0 fully saturated rings. The standard InChI is InChI=1S/C12H14N4O2/c1-9(18-2)12(17)15-10-4-5-11(13-8-10)16-7-3-6-14-16/h3-9H,1-2H3,(H,15,17). The van der Waals surface area contributed by atoms with Crippen LogP contribution in [-0.2, 0) is 9.53 Å². The maximum Gasteiger partial charge on any atom is 0.253 e. The second-order valence-corrected chi connectivity index (χ2v) is 3.72. The van der Waals surface area contributed by atoms with E-state index in [9.17, 15) is 4.79 Å². The minimum atomic E-state index is -0.490. The van der Waals surface area contributed by atoms with Crippen molar-refractivity contribution in [1.82, 2.24) is 14.8 Å². The Balaban J connectivity index is 2.06. The third kappa shape index (κ3) is 2.72. The van der Waals surface area contributed by atoms with Crippen molar-refractivity contribution in [2.45, 2.75) is 13.0 Å². The zero-order chi connectivity index (χ0) is 13.0. The van der Waals surface area contributed by atoms with Gasteiger partial charge in [0, 0.05) is 19.5 Å². The number of hydrogen-bond acceptors (Lipinski definition) is 4. The minimum Gasteiger partial charge on any atom is -0.372 e. The topological polar surface area (TPSA) is 69.0 Å². The lowest BCUT2D eigenvalue weighted by Gasteiger charge is -2.10. The number of pyridine rings is 1. The predicted octanol–water partition coefficient (Wildman–Crippen LogP) is 1.24. The summed E-state index contributed by atoms with van der Waals surface area (Å²) in [6, 6.07) is 5.36. The highest BCUT2D eigenvalue weighted by Gasteiger charge is 2.11. The zero-order valence-corrected chi connectivity index (χ0v) is 10.2. The Hall–Kier alpha value is -2.21. The first-order valence-electron chi connectivity index (χ1n) is 5.50. The molecule has 2 heterocycles. The van der Waals surface area contributed by atoms with Gasteiger partial charge >= 0.3 is 0 Å². The molecule has 18 heavy (non-hydrogen) atoms. The lowest BCUT2D eigenvalue weighted by Crippen LogP contribution is -2.26. The molecule has 0 radical (unpaired) electrons. The smallest absolute Gasteiger partial charge is 0.253 e. The molecule has 1 N–H and O–H groups in total. The van der Waals surface area contributed by atoms with Crippen LogP contribution in [0, 0.1) is 0 Å². The quantitative estimate of drug-likeness (QED) is 0.881. The van der Waals surface area contributed by atoms with E-state index in [4.69, 9.17) is 4.74 Å². The maximum absolute atomic E-state index is 11.6. The molecular weight excluding hydrogens is 232 g/mol. The summed E-state index contributed by atoms with van der Waals surface area (Å²) in [5.41, 5.74) is 0.625. The van der Waals surface area contributed by atoms with E-state index in [-0.39, 0.29) is 5.91 Å². The number of carbonyl (C=O) groups excluding carboxylic acids is 1. The van der Waals surface area contributed by atoms with Crippen LogP contribution < -0.4 is 5.32 Å². The van der Waals surface area contributed by atoms with Gasteiger partial charge in [-0.15, -0.1) is 0 Å². The van der Waals surface area contributed by atoms with Crippen LogP contribution in [0.15, 0.2) is 36.8 Å². The van der Waals surface area contributed by atoms with Crippen LogP contribution in [0.2, 0.25) is 0 Å². The first-order chi connectivity index (χ1) is 8.70. The number of carbonyl (C=O) groups is 1. The summed E-state index contributed by atoms with van der Waals surface area (Å²) in [6.45, 7) is 1.68. The molecule has 0 spiro atoms. The van der Waals surface area contributed by atoms with Crippen molar-refractivity contribution in [1.29, 1.82) is 0 Å². The summed E-state index contributed by atoms with van der Waals surface area (Å²) < 4.78 is 6.56. The molecule has 6 nitrogen and oxygen atoms in total. The Morgan fingerprint density at radius 3 is 2.89 bits per heavy atom. The van der Waals surface area contributed by atoms with Crippen molar-refractivity contribution in [2.24, 2.45) is 0 Å². The van der Waals surface area contributed by atoms with E-state index in [0.29, 0.717) is 11.5 Å². The van der Waals surface area contributed by atoms with Gasteiger partial charge in [-0.25, -0.2) is 9.67 Å². The number of amides is 1. The Kier molecular flexibility index (Phi) is 3.69. The molecule has 1 unspecified atom stereocenters. The van der Waals surface area contributed by atoms with Gasteiger partial charge < -0.3 is 10.1 Å². The zero-order valence-electron chi connectivity index (χ0n) is 10.2. The summed E-state index contributed by atoms with van der Waals surface area (Å²) in [7, 11) is 1.49. The van der Waals surface area contributed by atoms with E-state index in [1.54, 1.807) is 42.3 Å². The predicted molar refractivity (Wildman–Crippen MR) is 66.5 cm³/mol. The molecule has 0 aromatic carbocycles. The number of anilines is 1. The molecule has 94 valence electrons. The largest absolute Gasteiger partial charge is 0.372 e. The van der Waals surface area contributed by atoms with Crippen LogP contribution in [0.25, 0.3) is 5.82 Å². The van der Waals surface area contributed by atoms with Gasteiger partial charge in [-0.05, 0) is 25.1 Å². The fraction of sp³-hybridized carbons (Fsp3) is 0.250. The molecule has 0 aliphatic heterocycles. The lowest BCUT2D eigenvalue weighted by molar-refractivity contribution is -0.124. The van der Waals surface area contributed by atoms with E-state index in [0.717, 1.165) is 0 Å². The van der Waals surface area contributed by atoms with Crippen LogP contribution >= 0.6 is 0 Å². The number of hydrogen-bond donors (Lipinski definition) is 1. The summed E-state index contributed by atoms with van der Waals surface area (Å²) in [5.74, 6) is 0.490. The monoisotopic (exact) mass is 246 g/mol. The highest BCUT2D eigenvalue weighted by atomic mass is 16.5. The van der Waals surface area contributed by atoms with E-state index in [2.05, 4.69) is 15.4 Å². The molecule has 2 rings (SSSR count). The molecule has 1 atom stereocenters. The highest BCUT2D eigenvalue weighted by molar-refractivity contribution is 5.93. The highest BCUT2D eigenvalue weighted by Crippen LogP contribution is 2.09. The molecule has 0 bridgehead atoms. The van der Waals surface area contributed by atoms with Crippen LogP contribution in [0.4, 0.5) is 5.69 Å². The SMILES string of the molecule is COC(C)C(=O)Nc1ccc(-n2cccn2)nc1. The van der Waals surface area contributed by atoms with Gasteiger partial charge in [-0.1, -0.05) is 0 Å². The van der Waals surface area contributed by atoms with Crippen LogP contribution in [0.3, 0.4) is 0 Å². The number of nitrogens with one attached hydrogen (secondary N) is 1. The molecule has 1 amide bonds. The summed E-state index contributed by atoms with van der Waals surface area (Å²) in [6.07, 6.45) is 4.57. The van der Waals surface area contributed by atoms with Crippen LogP contribution in [-0.4, -0.2) is 33.9 Å². The number of rotatable bonds is 4. The molecule has 0 aliphatic rings. The van der Waals surface area contributed by atoms with Gasteiger partial charge in [0.2, 0.25) is 0 Å². The van der Waals surface area contributed by atoms with Gasteiger partial charge in [0.1, 0.15) is 6.10 Å². The van der Waals surface area contributed by atoms with Crippen molar-refractivity contribution in [3.05, 3.63) is 36.8 Å². The van der Waals surface area contributed by atoms with Gasteiger partial charge in [0.25, 0.3) is 5.91 Å². The van der Waals surface area contributed by atoms with Gasteiger partial charge in [-0.3, -0.25) is 4.79 Å². The number of ether oxygens (including phenoxy) is 1. The number of aromatic nitrogens is 3. The molecular formula is C12H14N4O2. The normalized spacial score (nSPS) is 12.1. The van der Waals surface area contributed by atoms with Crippen molar-refractivity contribution >= 4 is 11.6 Å². The Morgan fingerprint density at radius 2 is 2.33 bits per heavy atom. The average Bonchev–Trinajstić information content (AvgIpc) is 2.92. The lowest BCUT2D eigenvalue weighted by atomic mass is 10.3. The summed E-state index contributed by atoms with van der Waals surface area (Å²) in [5, 5.41) is 6.77. The first-order valence-corrected chi connectivity index (χ1v) is 5.50. The fourth-order valence-corrected chi connectivity index (χ4v) is 1.35. The third-order valence-electron chi connectivity index (χ3n) is 2.48. The van der Waals surface area contributed by atoms with E-state index >= 15 is 0 Å². The van der Waals surface area contributed by atoms with Crippen molar-refractivity contribution < 1.29 is 9.53 Å². The van der Waals surface area contributed by atoms with E-state index in [1.807, 2.05) is 6.07 Å². The van der Waals surface area contributed by atoms with Crippen molar-refractivity contribution in [3.8, 4) is 5.82 Å². The minimum absolute atomic E-state index is 0.203. The molecule has 0 saturated carbocycles. The summed E-state index contributed by atoms with van der Waals surface area (Å²) in [4.78, 5) is 15.8. The Labute approximate surface area is 105 Å². The molecule has 2 aromatic rings. The van der Waals surface area contributed by atoms with Gasteiger partial charge in [0.05, 0.1) is 11.9 Å². The third-order valence-corrected chi connectivity index (χ3v) is 2.48. The second kappa shape index (κ2) is 5.42. The molecule has 6 heteroatoms. The maximum atomic E-state index is 11.6. The first kappa shape index (κ1) is 12.3. The molecule has 0 aliphatic carbocycles. The molecule has 2 aromatic heterocycles. The molecule has 0 saturated heterocycles. The van der Waals surface area contributed by atoms with E-state index < -0.39 is 6.10 Å². The number of nitrogens with zero attached hydrogens (tertiary/aromatic N) is 3. The van der Waals surface area contributed by atoms with Gasteiger partial charge in [0.15, 0.2) is 5.82 Å². The van der Waals surface area contributed by atoms with Crippen LogP contribution in [0.5, 0.6) is 0 Å². The van der Waals surface area contributed by atoms with Crippen molar-refractivity contribution in [3.63, 3.8) is 0 Å². The van der Waals surface area contributed by atoms with Crippen LogP contribution in [0.1, 0.15) is 6.92 Å². The van der Waals surface area contributed by atoms with Crippen molar-refractivity contribution in [2.75, 3.05) is 12.4 Å². The van der Waals surface area contributed by atoms with E-state index in [1.165, 1.54) is 7.11 Å². The fourth-order valence-electron chi connectivity index (χ4n) is 1.35.